The summed E-state index contributed by atoms with van der Waals surface area (Å²) >= 11 is 0. The van der Waals surface area contributed by atoms with Gasteiger partial charge in [0.1, 0.15) is 0 Å². The van der Waals surface area contributed by atoms with Crippen LogP contribution in [0, 0.1) is 6.92 Å². The van der Waals surface area contributed by atoms with E-state index in [4.69, 9.17) is 5.11 Å². The van der Waals surface area contributed by atoms with E-state index in [1.165, 1.54) is 0 Å². The Morgan fingerprint density at radius 2 is 2.12 bits per heavy atom. The van der Waals surface area contributed by atoms with Crippen LogP contribution in [0.25, 0.3) is 0 Å². The van der Waals surface area contributed by atoms with E-state index in [0.29, 0.717) is 13.0 Å². The second-order valence-electron chi connectivity index (χ2n) is 4.54. The third kappa shape index (κ3) is 3.86. The van der Waals surface area contributed by atoms with Crippen LogP contribution in [0.1, 0.15) is 36.2 Å². The molecule has 0 aliphatic heterocycles. The highest BCUT2D eigenvalue weighted by Crippen LogP contribution is 2.11. The van der Waals surface area contributed by atoms with Crippen molar-refractivity contribution in [3.8, 4) is 0 Å². The zero-order valence-electron chi connectivity index (χ0n) is 10.8. The molecule has 0 aliphatic carbocycles. The quantitative estimate of drug-likeness (QED) is 0.850. The van der Waals surface area contributed by atoms with Gasteiger partial charge in [-0.1, -0.05) is 17.7 Å². The van der Waals surface area contributed by atoms with E-state index in [0.717, 1.165) is 11.1 Å². The van der Waals surface area contributed by atoms with Gasteiger partial charge < -0.3 is 10.0 Å². The molecule has 1 amide bonds. The normalized spacial score (nSPS) is 10.6. The van der Waals surface area contributed by atoms with E-state index in [1.54, 1.807) is 4.90 Å². The highest BCUT2D eigenvalue weighted by Gasteiger charge is 2.17. The molecule has 0 saturated carbocycles. The number of carbonyl (C=O) groups is 1. The second kappa shape index (κ2) is 6.40. The average molecular weight is 235 g/mol. The zero-order valence-corrected chi connectivity index (χ0v) is 10.8. The molecule has 3 nitrogen and oxygen atoms in total. The fourth-order valence-electron chi connectivity index (χ4n) is 1.78. The summed E-state index contributed by atoms with van der Waals surface area (Å²) in [6.07, 6.45) is 0.621. The van der Waals surface area contributed by atoms with Gasteiger partial charge in [-0.05, 0) is 39.3 Å². The Kier molecular flexibility index (Phi) is 5.16. The molecular formula is C14H21NO2. The van der Waals surface area contributed by atoms with Gasteiger partial charge in [-0.3, -0.25) is 4.79 Å². The Balaban J connectivity index is 2.84. The van der Waals surface area contributed by atoms with Gasteiger partial charge in [0, 0.05) is 24.8 Å². The van der Waals surface area contributed by atoms with Crippen LogP contribution >= 0.6 is 0 Å². The van der Waals surface area contributed by atoms with Gasteiger partial charge in [-0.15, -0.1) is 0 Å². The molecule has 1 N–H and O–H groups in total. The van der Waals surface area contributed by atoms with Crippen molar-refractivity contribution < 1.29 is 9.90 Å². The first-order chi connectivity index (χ1) is 8.06. The molecule has 17 heavy (non-hydrogen) atoms. The fourth-order valence-corrected chi connectivity index (χ4v) is 1.78. The molecule has 0 atom stereocenters. The fraction of sp³-hybridized carbons (Fsp3) is 0.500. The van der Waals surface area contributed by atoms with Crippen LogP contribution in [0.4, 0.5) is 0 Å². The number of carbonyl (C=O) groups excluding carboxylic acids is 1. The van der Waals surface area contributed by atoms with Crippen LogP contribution in [0.5, 0.6) is 0 Å². The summed E-state index contributed by atoms with van der Waals surface area (Å²) in [7, 11) is 0. The van der Waals surface area contributed by atoms with Gasteiger partial charge in [0.25, 0.3) is 5.91 Å². The van der Waals surface area contributed by atoms with E-state index in [2.05, 4.69) is 0 Å². The van der Waals surface area contributed by atoms with Crippen molar-refractivity contribution in [3.05, 3.63) is 35.4 Å². The molecule has 3 heteroatoms. The van der Waals surface area contributed by atoms with Gasteiger partial charge in [0.05, 0.1) is 0 Å². The van der Waals surface area contributed by atoms with Gasteiger partial charge in [-0.2, -0.15) is 0 Å². The number of nitrogens with zero attached hydrogens (tertiary/aromatic N) is 1. The standard InChI is InChI=1S/C14H21NO2/c1-11(2)15(8-5-9-16)14(17)13-7-4-6-12(3)10-13/h4,6-7,10-11,16H,5,8-9H2,1-3H3. The Labute approximate surface area is 103 Å². The van der Waals surface area contributed by atoms with Crippen molar-refractivity contribution in [2.45, 2.75) is 33.2 Å². The van der Waals surface area contributed by atoms with E-state index in [9.17, 15) is 4.79 Å². The van der Waals surface area contributed by atoms with Crippen molar-refractivity contribution in [1.29, 1.82) is 0 Å². The minimum atomic E-state index is 0.0390. The first-order valence-electron chi connectivity index (χ1n) is 6.04. The zero-order chi connectivity index (χ0) is 12.8. The summed E-state index contributed by atoms with van der Waals surface area (Å²) in [6, 6.07) is 7.76. The summed E-state index contributed by atoms with van der Waals surface area (Å²) in [4.78, 5) is 14.1. The van der Waals surface area contributed by atoms with Crippen LogP contribution in [-0.2, 0) is 0 Å². The summed E-state index contributed by atoms with van der Waals surface area (Å²) in [5, 5.41) is 8.86. The predicted octanol–water partition coefficient (Wildman–Crippen LogP) is 2.23. The van der Waals surface area contributed by atoms with E-state index >= 15 is 0 Å². The lowest BCUT2D eigenvalue weighted by Gasteiger charge is -2.26. The van der Waals surface area contributed by atoms with Gasteiger partial charge >= 0.3 is 0 Å². The lowest BCUT2D eigenvalue weighted by atomic mass is 10.1. The summed E-state index contributed by atoms with van der Waals surface area (Å²) in [6.45, 7) is 6.67. The number of aryl methyl sites for hydroxylation is 1. The van der Waals surface area contributed by atoms with Crippen molar-refractivity contribution >= 4 is 5.91 Å². The molecule has 0 heterocycles. The number of benzene rings is 1. The van der Waals surface area contributed by atoms with E-state index in [1.807, 2.05) is 45.0 Å². The maximum Gasteiger partial charge on any atom is 0.254 e. The second-order valence-corrected chi connectivity index (χ2v) is 4.54. The largest absolute Gasteiger partial charge is 0.396 e. The van der Waals surface area contributed by atoms with Crippen molar-refractivity contribution in [3.63, 3.8) is 0 Å². The maximum atomic E-state index is 12.3. The lowest BCUT2D eigenvalue weighted by molar-refractivity contribution is 0.0693. The van der Waals surface area contributed by atoms with Gasteiger partial charge in [0.15, 0.2) is 0 Å². The molecule has 94 valence electrons. The topological polar surface area (TPSA) is 40.5 Å². The van der Waals surface area contributed by atoms with Crippen molar-refractivity contribution in [2.24, 2.45) is 0 Å². The van der Waals surface area contributed by atoms with Crippen LogP contribution in [0.15, 0.2) is 24.3 Å². The van der Waals surface area contributed by atoms with Crippen molar-refractivity contribution in [1.82, 2.24) is 4.90 Å². The number of hydrogen-bond donors (Lipinski definition) is 1. The third-order valence-electron chi connectivity index (χ3n) is 2.71. The molecule has 1 rings (SSSR count). The highest BCUT2D eigenvalue weighted by atomic mass is 16.3. The summed E-state index contributed by atoms with van der Waals surface area (Å²) in [5.41, 5.74) is 1.80. The predicted molar refractivity (Wildman–Crippen MR) is 69.1 cm³/mol. The monoisotopic (exact) mass is 235 g/mol. The van der Waals surface area contributed by atoms with Crippen LogP contribution in [0.3, 0.4) is 0 Å². The molecule has 0 aliphatic rings. The number of aliphatic hydroxyl groups is 1. The molecule has 0 unspecified atom stereocenters. The molecule has 1 aromatic carbocycles. The third-order valence-corrected chi connectivity index (χ3v) is 2.71. The van der Waals surface area contributed by atoms with E-state index < -0.39 is 0 Å². The molecule has 0 saturated heterocycles. The Hall–Kier alpha value is -1.35. The number of aliphatic hydroxyl groups excluding tert-OH is 1. The average Bonchev–Trinajstić information content (AvgIpc) is 2.29. The molecule has 1 aromatic rings. The van der Waals surface area contributed by atoms with Crippen LogP contribution in [0.2, 0.25) is 0 Å². The Morgan fingerprint density at radius 1 is 1.41 bits per heavy atom. The molecule has 0 bridgehead atoms. The molecular weight excluding hydrogens is 214 g/mol. The number of amides is 1. The summed E-state index contributed by atoms with van der Waals surface area (Å²) < 4.78 is 0. The molecule has 0 fully saturated rings. The Morgan fingerprint density at radius 3 is 2.65 bits per heavy atom. The maximum absolute atomic E-state index is 12.3. The number of hydrogen-bond acceptors (Lipinski definition) is 2. The summed E-state index contributed by atoms with van der Waals surface area (Å²) in [5.74, 6) is 0.0390. The van der Waals surface area contributed by atoms with Gasteiger partial charge in [0.2, 0.25) is 0 Å². The minimum absolute atomic E-state index is 0.0390. The molecule has 0 spiro atoms. The first-order valence-corrected chi connectivity index (χ1v) is 6.04. The molecule has 0 radical (unpaired) electrons. The first kappa shape index (κ1) is 13.7. The smallest absolute Gasteiger partial charge is 0.254 e. The minimum Gasteiger partial charge on any atom is -0.396 e. The lowest BCUT2D eigenvalue weighted by Crippen LogP contribution is -2.38. The van der Waals surface area contributed by atoms with Crippen LogP contribution in [-0.4, -0.2) is 35.1 Å². The highest BCUT2D eigenvalue weighted by molar-refractivity contribution is 5.94. The van der Waals surface area contributed by atoms with Crippen molar-refractivity contribution in [2.75, 3.05) is 13.2 Å². The SMILES string of the molecule is Cc1cccc(C(=O)N(CCCO)C(C)C)c1. The number of rotatable bonds is 5. The Bertz CT molecular complexity index is 374. The van der Waals surface area contributed by atoms with Crippen LogP contribution < -0.4 is 0 Å². The van der Waals surface area contributed by atoms with Gasteiger partial charge in [-0.25, -0.2) is 0 Å². The molecule has 0 aromatic heterocycles. The van der Waals surface area contributed by atoms with E-state index in [-0.39, 0.29) is 18.6 Å².